The molecule has 0 aliphatic rings. The monoisotopic (exact) mass is 741 g/mol. The largest absolute Gasteiger partial charge is 0.263 e. The van der Waals surface area contributed by atoms with E-state index in [1.54, 1.807) is 0 Å². The van der Waals surface area contributed by atoms with Gasteiger partial charge >= 0.3 is 0 Å². The van der Waals surface area contributed by atoms with Crippen molar-refractivity contribution in [3.05, 3.63) is 206 Å². The minimum Gasteiger partial charge on any atom is -0.263 e. The third-order valence-corrected chi connectivity index (χ3v) is 11.4. The first-order valence-electron chi connectivity index (χ1n) is 19.8. The maximum Gasteiger partial charge on any atom is 0.160 e. The molecule has 0 amide bonds. The molecular weight excluding hydrogens is 703 g/mol. The van der Waals surface area contributed by atoms with Crippen LogP contribution >= 0.6 is 0 Å². The molecule has 0 unspecified atom stereocenters. The molecule has 0 aliphatic heterocycles. The molecule has 3 heteroatoms. The molecule has 0 bridgehead atoms. The van der Waals surface area contributed by atoms with Gasteiger partial charge in [0.2, 0.25) is 0 Å². The van der Waals surface area contributed by atoms with Gasteiger partial charge < -0.3 is 0 Å². The van der Waals surface area contributed by atoms with Gasteiger partial charge in [0.05, 0.1) is 11.4 Å². The Morgan fingerprint density at radius 3 is 1.74 bits per heavy atom. The zero-order valence-electron chi connectivity index (χ0n) is 32.2. The Labute approximate surface area is 338 Å². The number of aryl methyl sites for hydroxylation is 1. The van der Waals surface area contributed by atoms with E-state index in [1.807, 2.05) is 18.5 Å². The summed E-state index contributed by atoms with van der Waals surface area (Å²) >= 11 is 0. The van der Waals surface area contributed by atoms with E-state index in [0.29, 0.717) is 5.82 Å². The molecule has 58 heavy (non-hydrogen) atoms. The van der Waals surface area contributed by atoms with Gasteiger partial charge in [0.25, 0.3) is 0 Å². The van der Waals surface area contributed by atoms with Crippen LogP contribution in [-0.2, 0) is 6.42 Å². The summed E-state index contributed by atoms with van der Waals surface area (Å²) in [6.45, 7) is 6.37. The molecular formula is C55H39N3. The van der Waals surface area contributed by atoms with Crippen molar-refractivity contribution >= 4 is 38.4 Å². The fourth-order valence-electron chi connectivity index (χ4n) is 8.39. The lowest BCUT2D eigenvalue weighted by atomic mass is 9.89. The minimum absolute atomic E-state index is 0.679. The van der Waals surface area contributed by atoms with Gasteiger partial charge in [-0.2, -0.15) is 0 Å². The maximum absolute atomic E-state index is 5.28. The standard InChI is InChI=1S/C55H39N3/c1-3-36-32-51(50-21-10-9-20-49(50)45(36)4-2)42-16-11-17-43(31-42)54-33-53(40-27-23-39(24-28-40)52-35-56-34-44-14-6-8-19-48(44)52)57-55(58-54)41-29-25-38(26-30-41)47-22-12-15-37-13-5-7-18-46(37)47/h4-35H,2-3H2,1H3. The second kappa shape index (κ2) is 14.9. The van der Waals surface area contributed by atoms with E-state index >= 15 is 0 Å². The van der Waals surface area contributed by atoms with Crippen LogP contribution in [0.25, 0.3) is 106 Å². The summed E-state index contributed by atoms with van der Waals surface area (Å²) in [5.74, 6) is 0.679. The van der Waals surface area contributed by atoms with Crippen LogP contribution in [0.1, 0.15) is 18.1 Å². The van der Waals surface area contributed by atoms with Crippen LogP contribution in [0.2, 0.25) is 0 Å². The Morgan fingerprint density at radius 2 is 1.00 bits per heavy atom. The van der Waals surface area contributed by atoms with Crippen molar-refractivity contribution in [1.82, 2.24) is 15.0 Å². The number of benzene rings is 8. The van der Waals surface area contributed by atoms with Crippen molar-refractivity contribution in [2.24, 2.45) is 0 Å². The van der Waals surface area contributed by atoms with Gasteiger partial charge in [0.1, 0.15) is 0 Å². The summed E-state index contributed by atoms with van der Waals surface area (Å²) in [6.07, 6.45) is 6.78. The summed E-state index contributed by atoms with van der Waals surface area (Å²) in [7, 11) is 0. The summed E-state index contributed by atoms with van der Waals surface area (Å²) in [6, 6.07) is 62.6. The van der Waals surface area contributed by atoms with Gasteiger partial charge in [-0.1, -0.05) is 177 Å². The molecule has 0 aliphatic carbocycles. The quantitative estimate of drug-likeness (QED) is 0.156. The molecule has 0 N–H and O–H groups in total. The van der Waals surface area contributed by atoms with Gasteiger partial charge in [-0.3, -0.25) is 4.98 Å². The number of aromatic nitrogens is 3. The zero-order chi connectivity index (χ0) is 39.0. The van der Waals surface area contributed by atoms with Crippen LogP contribution in [-0.4, -0.2) is 15.0 Å². The van der Waals surface area contributed by atoms with Gasteiger partial charge in [-0.05, 0) is 90.5 Å². The van der Waals surface area contributed by atoms with E-state index in [-0.39, 0.29) is 0 Å². The molecule has 10 aromatic rings. The number of hydrogen-bond acceptors (Lipinski definition) is 3. The molecule has 10 rings (SSSR count). The van der Waals surface area contributed by atoms with Crippen molar-refractivity contribution in [1.29, 1.82) is 0 Å². The van der Waals surface area contributed by atoms with Crippen LogP contribution < -0.4 is 0 Å². The molecule has 0 saturated carbocycles. The van der Waals surface area contributed by atoms with Crippen molar-refractivity contribution in [2.45, 2.75) is 13.3 Å². The highest BCUT2D eigenvalue weighted by Gasteiger charge is 2.15. The number of fused-ring (bicyclic) bond motifs is 3. The summed E-state index contributed by atoms with van der Waals surface area (Å²) in [5.41, 5.74) is 14.2. The number of rotatable bonds is 8. The van der Waals surface area contributed by atoms with Crippen molar-refractivity contribution in [2.75, 3.05) is 0 Å². The number of nitrogens with zero attached hydrogens (tertiary/aromatic N) is 3. The van der Waals surface area contributed by atoms with Crippen molar-refractivity contribution in [3.63, 3.8) is 0 Å². The average molecular weight is 742 g/mol. The van der Waals surface area contributed by atoms with Crippen LogP contribution in [0, 0.1) is 0 Å². The van der Waals surface area contributed by atoms with Gasteiger partial charge in [-0.15, -0.1) is 0 Å². The second-order valence-electron chi connectivity index (χ2n) is 14.7. The number of pyridine rings is 1. The molecule has 274 valence electrons. The lowest BCUT2D eigenvalue weighted by Gasteiger charge is -2.15. The van der Waals surface area contributed by atoms with E-state index in [0.717, 1.165) is 62.1 Å². The summed E-state index contributed by atoms with van der Waals surface area (Å²) in [4.78, 5) is 15.1. The molecule has 2 aromatic heterocycles. The van der Waals surface area contributed by atoms with E-state index < -0.39 is 0 Å². The van der Waals surface area contributed by atoms with Crippen molar-refractivity contribution < 1.29 is 0 Å². The molecule has 3 nitrogen and oxygen atoms in total. The first kappa shape index (κ1) is 35.0. The van der Waals surface area contributed by atoms with Crippen molar-refractivity contribution in [3.8, 4) is 67.3 Å². The van der Waals surface area contributed by atoms with E-state index in [4.69, 9.17) is 9.97 Å². The fourth-order valence-corrected chi connectivity index (χ4v) is 8.39. The van der Waals surface area contributed by atoms with Crippen LogP contribution in [0.4, 0.5) is 0 Å². The van der Waals surface area contributed by atoms with Gasteiger partial charge in [0, 0.05) is 40.0 Å². The van der Waals surface area contributed by atoms with Crippen LogP contribution in [0.5, 0.6) is 0 Å². The molecule has 2 heterocycles. The Kier molecular flexibility index (Phi) is 8.96. The van der Waals surface area contributed by atoms with Gasteiger partial charge in [-0.25, -0.2) is 9.97 Å². The normalized spacial score (nSPS) is 11.3. The topological polar surface area (TPSA) is 38.7 Å². The third-order valence-electron chi connectivity index (χ3n) is 11.4. The highest BCUT2D eigenvalue weighted by atomic mass is 14.9. The number of hydrogen-bond donors (Lipinski definition) is 0. The predicted molar refractivity (Wildman–Crippen MR) is 244 cm³/mol. The molecule has 0 spiro atoms. The highest BCUT2D eigenvalue weighted by molar-refractivity contribution is 6.03. The van der Waals surface area contributed by atoms with Gasteiger partial charge in [0.15, 0.2) is 5.82 Å². The first-order chi connectivity index (χ1) is 28.6. The smallest absolute Gasteiger partial charge is 0.160 e. The van der Waals surface area contributed by atoms with E-state index in [2.05, 4.69) is 194 Å². The molecule has 8 aromatic carbocycles. The second-order valence-corrected chi connectivity index (χ2v) is 14.7. The molecule has 0 atom stereocenters. The summed E-state index contributed by atoms with van der Waals surface area (Å²) < 4.78 is 0. The molecule has 0 fully saturated rings. The zero-order valence-corrected chi connectivity index (χ0v) is 32.2. The third kappa shape index (κ3) is 6.33. The molecule has 0 radical (unpaired) electrons. The average Bonchev–Trinajstić information content (AvgIpc) is 3.30. The van der Waals surface area contributed by atoms with E-state index in [9.17, 15) is 0 Å². The predicted octanol–water partition coefficient (Wildman–Crippen LogP) is 14.5. The fraction of sp³-hybridized carbons (Fsp3) is 0.0364. The highest BCUT2D eigenvalue weighted by Crippen LogP contribution is 2.38. The first-order valence-corrected chi connectivity index (χ1v) is 19.8. The van der Waals surface area contributed by atoms with Crippen LogP contribution in [0.3, 0.4) is 0 Å². The maximum atomic E-state index is 5.28. The Hall–Kier alpha value is -7.49. The SMILES string of the molecule is C=Cc1c(CC)cc(-c2cccc(-c3cc(-c4ccc(-c5cncc6ccccc56)cc4)nc(-c4ccc(-c5cccc6ccccc56)cc4)n3)c2)c2ccccc12. The van der Waals surface area contributed by atoms with Crippen LogP contribution in [0.15, 0.2) is 195 Å². The lowest BCUT2D eigenvalue weighted by molar-refractivity contribution is 1.14. The Morgan fingerprint density at radius 1 is 0.431 bits per heavy atom. The minimum atomic E-state index is 0.679. The Bertz CT molecular complexity index is 3010. The Balaban J connectivity index is 1.10. The lowest BCUT2D eigenvalue weighted by Crippen LogP contribution is -1.97. The van der Waals surface area contributed by atoms with E-state index in [1.165, 1.54) is 49.2 Å². The molecule has 0 saturated heterocycles. The summed E-state index contributed by atoms with van der Waals surface area (Å²) in [5, 5.41) is 7.20.